The van der Waals surface area contributed by atoms with Crippen molar-refractivity contribution >= 4 is 18.3 Å². The van der Waals surface area contributed by atoms with Crippen LogP contribution in [-0.2, 0) is 30.7 Å². The lowest BCUT2D eigenvalue weighted by atomic mass is 10.1. The van der Waals surface area contributed by atoms with Gasteiger partial charge in [-0.15, -0.1) is 0 Å². The predicted octanol–water partition coefficient (Wildman–Crippen LogP) is 2.99. The molecule has 2 aliphatic rings. The van der Waals surface area contributed by atoms with E-state index in [2.05, 4.69) is 44.5 Å². The van der Waals surface area contributed by atoms with Crippen molar-refractivity contribution in [2.24, 2.45) is 4.99 Å². The van der Waals surface area contributed by atoms with Crippen LogP contribution in [0.1, 0.15) is 35.2 Å². The third-order valence-corrected chi connectivity index (χ3v) is 5.18. The lowest BCUT2D eigenvalue weighted by Crippen LogP contribution is -2.26. The summed E-state index contributed by atoms with van der Waals surface area (Å²) in [6, 6.07) is 8.83. The van der Waals surface area contributed by atoms with Crippen LogP contribution in [0.25, 0.3) is 0 Å². The maximum atomic E-state index is 12.2. The SMILES string of the molecule is C/N=C\CCCOC(=O)N1Cc2cnc(NC3Cc4ccccc4C3)nc2C1. The summed E-state index contributed by atoms with van der Waals surface area (Å²) in [5, 5.41) is 3.45. The van der Waals surface area contributed by atoms with Crippen LogP contribution in [0.15, 0.2) is 35.5 Å². The first-order valence-electron chi connectivity index (χ1n) is 9.73. The van der Waals surface area contributed by atoms with Gasteiger partial charge in [0.25, 0.3) is 0 Å². The Hall–Kier alpha value is -2.96. The average Bonchev–Trinajstić information content (AvgIpc) is 3.30. The third kappa shape index (κ3) is 4.13. The predicted molar refractivity (Wildman–Crippen MR) is 108 cm³/mol. The van der Waals surface area contributed by atoms with Crippen molar-refractivity contribution in [1.29, 1.82) is 0 Å². The average molecular weight is 379 g/mol. The van der Waals surface area contributed by atoms with E-state index in [0.717, 1.165) is 36.9 Å². The van der Waals surface area contributed by atoms with Gasteiger partial charge in [0.05, 0.1) is 25.4 Å². The standard InChI is InChI=1S/C21H25N5O2/c1-22-8-4-5-9-28-21(27)26-13-17-12-23-20(25-19(17)14-26)24-18-10-15-6-2-3-7-16(15)11-18/h2-3,6-8,12,18H,4-5,9-11,13-14H2,1H3,(H,23,24,25)/b22-8-. The number of aromatic nitrogens is 2. The quantitative estimate of drug-likeness (QED) is 0.616. The topological polar surface area (TPSA) is 79.7 Å². The van der Waals surface area contributed by atoms with Gasteiger partial charge in [-0.3, -0.25) is 4.90 Å². The first kappa shape index (κ1) is 18.4. The second-order valence-corrected chi connectivity index (χ2v) is 7.24. The minimum absolute atomic E-state index is 0.299. The van der Waals surface area contributed by atoms with Crippen molar-refractivity contribution < 1.29 is 9.53 Å². The fourth-order valence-corrected chi connectivity index (χ4v) is 3.75. The van der Waals surface area contributed by atoms with Gasteiger partial charge in [0, 0.05) is 24.8 Å². The number of fused-ring (bicyclic) bond motifs is 2. The molecule has 1 aromatic carbocycles. The van der Waals surface area contributed by atoms with E-state index < -0.39 is 0 Å². The molecule has 1 amide bonds. The molecule has 0 fully saturated rings. The van der Waals surface area contributed by atoms with Crippen LogP contribution in [-0.4, -0.2) is 46.9 Å². The first-order chi connectivity index (χ1) is 13.7. The van der Waals surface area contributed by atoms with Crippen molar-refractivity contribution in [2.75, 3.05) is 19.0 Å². The van der Waals surface area contributed by atoms with Gasteiger partial charge in [-0.05, 0) is 43.0 Å². The van der Waals surface area contributed by atoms with Crippen LogP contribution in [0, 0.1) is 0 Å². The molecule has 0 spiro atoms. The summed E-state index contributed by atoms with van der Waals surface area (Å²) < 4.78 is 5.34. The smallest absolute Gasteiger partial charge is 0.410 e. The van der Waals surface area contributed by atoms with Crippen LogP contribution < -0.4 is 5.32 Å². The highest BCUT2D eigenvalue weighted by Gasteiger charge is 2.27. The number of anilines is 1. The molecule has 0 saturated carbocycles. The Labute approximate surface area is 164 Å². The number of unbranched alkanes of at least 4 members (excludes halogenated alkanes) is 1. The van der Waals surface area contributed by atoms with Crippen molar-refractivity contribution in [3.05, 3.63) is 52.8 Å². The Morgan fingerprint density at radius 2 is 2.07 bits per heavy atom. The first-order valence-corrected chi connectivity index (χ1v) is 9.73. The van der Waals surface area contributed by atoms with Gasteiger partial charge in [0.2, 0.25) is 5.95 Å². The van der Waals surface area contributed by atoms with Gasteiger partial charge < -0.3 is 15.0 Å². The molecule has 1 aliphatic carbocycles. The number of carbonyl (C=O) groups excluding carboxylic acids is 1. The second kappa shape index (κ2) is 8.37. The van der Waals surface area contributed by atoms with E-state index in [4.69, 9.17) is 4.74 Å². The number of carbonyl (C=O) groups is 1. The van der Waals surface area contributed by atoms with E-state index >= 15 is 0 Å². The Kier molecular flexibility index (Phi) is 5.50. The van der Waals surface area contributed by atoms with Gasteiger partial charge in [-0.25, -0.2) is 14.8 Å². The summed E-state index contributed by atoms with van der Waals surface area (Å²) in [5.74, 6) is 0.630. The van der Waals surface area contributed by atoms with Gasteiger partial charge in [0.15, 0.2) is 0 Å². The van der Waals surface area contributed by atoms with Crippen LogP contribution >= 0.6 is 0 Å². The van der Waals surface area contributed by atoms with Crippen molar-refractivity contribution in [2.45, 2.75) is 44.8 Å². The number of rotatable bonds is 6. The van der Waals surface area contributed by atoms with Crippen molar-refractivity contribution in [3.8, 4) is 0 Å². The maximum Gasteiger partial charge on any atom is 0.410 e. The van der Waals surface area contributed by atoms with Crippen molar-refractivity contribution in [3.63, 3.8) is 0 Å². The van der Waals surface area contributed by atoms with Crippen molar-refractivity contribution in [1.82, 2.24) is 14.9 Å². The zero-order valence-corrected chi connectivity index (χ0v) is 16.1. The third-order valence-electron chi connectivity index (χ3n) is 5.18. The number of amides is 1. The lowest BCUT2D eigenvalue weighted by Gasteiger charge is -2.14. The summed E-state index contributed by atoms with van der Waals surface area (Å²) in [7, 11) is 1.74. The minimum atomic E-state index is -0.299. The van der Waals surface area contributed by atoms with E-state index in [1.54, 1.807) is 11.9 Å². The Balaban J connectivity index is 1.30. The Morgan fingerprint density at radius 1 is 1.29 bits per heavy atom. The number of hydrogen-bond acceptors (Lipinski definition) is 6. The number of benzene rings is 1. The molecule has 2 heterocycles. The molecule has 4 rings (SSSR count). The van der Waals surface area contributed by atoms with Gasteiger partial charge in [0.1, 0.15) is 0 Å². The van der Waals surface area contributed by atoms with Gasteiger partial charge in [-0.1, -0.05) is 24.3 Å². The Morgan fingerprint density at radius 3 is 2.82 bits per heavy atom. The van der Waals surface area contributed by atoms with E-state index in [1.807, 2.05) is 12.4 Å². The van der Waals surface area contributed by atoms with Crippen LogP contribution in [0.3, 0.4) is 0 Å². The molecule has 0 saturated heterocycles. The zero-order chi connectivity index (χ0) is 19.3. The summed E-state index contributed by atoms with van der Waals surface area (Å²) >= 11 is 0. The van der Waals surface area contributed by atoms with Gasteiger partial charge in [-0.2, -0.15) is 0 Å². The van der Waals surface area contributed by atoms with Crippen LogP contribution in [0.2, 0.25) is 0 Å². The molecular weight excluding hydrogens is 354 g/mol. The lowest BCUT2D eigenvalue weighted by molar-refractivity contribution is 0.101. The molecule has 1 aromatic heterocycles. The molecule has 1 aliphatic heterocycles. The molecule has 7 nitrogen and oxygen atoms in total. The summed E-state index contributed by atoms with van der Waals surface area (Å²) in [5.41, 5.74) is 4.65. The zero-order valence-electron chi connectivity index (χ0n) is 16.1. The molecule has 28 heavy (non-hydrogen) atoms. The number of aliphatic imine (C=N–C) groups is 1. The monoisotopic (exact) mass is 379 g/mol. The largest absolute Gasteiger partial charge is 0.449 e. The number of nitrogens with zero attached hydrogens (tertiary/aromatic N) is 4. The molecule has 0 bridgehead atoms. The highest BCUT2D eigenvalue weighted by atomic mass is 16.6. The molecule has 0 radical (unpaired) electrons. The normalized spacial score (nSPS) is 15.7. The molecule has 2 aromatic rings. The van der Waals surface area contributed by atoms with E-state index in [-0.39, 0.29) is 6.09 Å². The molecule has 146 valence electrons. The number of ether oxygens (including phenoxy) is 1. The van der Waals surface area contributed by atoms with Crippen LogP contribution in [0.4, 0.5) is 10.7 Å². The Bertz CT molecular complexity index is 858. The van der Waals surface area contributed by atoms with Gasteiger partial charge >= 0.3 is 6.09 Å². The molecular formula is C21H25N5O2. The van der Waals surface area contributed by atoms with Crippen LogP contribution in [0.5, 0.6) is 0 Å². The molecule has 7 heteroatoms. The summed E-state index contributed by atoms with van der Waals surface area (Å²) in [6.07, 6.45) is 6.91. The van der Waals surface area contributed by atoms with E-state index in [0.29, 0.717) is 31.7 Å². The fourth-order valence-electron chi connectivity index (χ4n) is 3.75. The van der Waals surface area contributed by atoms with E-state index in [1.165, 1.54) is 11.1 Å². The summed E-state index contributed by atoms with van der Waals surface area (Å²) in [6.45, 7) is 1.37. The fraction of sp³-hybridized carbons (Fsp3) is 0.429. The highest BCUT2D eigenvalue weighted by Crippen LogP contribution is 2.25. The summed E-state index contributed by atoms with van der Waals surface area (Å²) in [4.78, 5) is 26.9. The molecule has 1 N–H and O–H groups in total. The number of hydrogen-bond donors (Lipinski definition) is 1. The highest BCUT2D eigenvalue weighted by molar-refractivity contribution is 5.68. The minimum Gasteiger partial charge on any atom is -0.449 e. The van der Waals surface area contributed by atoms with E-state index in [9.17, 15) is 4.79 Å². The number of nitrogens with one attached hydrogen (secondary N) is 1. The maximum absolute atomic E-state index is 12.2. The molecule has 0 atom stereocenters. The second-order valence-electron chi connectivity index (χ2n) is 7.24. The molecule has 0 unspecified atom stereocenters.